The summed E-state index contributed by atoms with van der Waals surface area (Å²) >= 11 is 0. The number of nitrogens with one attached hydrogen (secondary N) is 2. The molecule has 1 aliphatic heterocycles. The fourth-order valence-corrected chi connectivity index (χ4v) is 4.01. The molecule has 1 saturated heterocycles. The molecular formula is C21H30IN7. The molecule has 1 aromatic carbocycles. The minimum atomic E-state index is 0. The number of aromatic nitrogens is 4. The van der Waals surface area contributed by atoms with Crippen molar-refractivity contribution in [3.05, 3.63) is 48.8 Å². The highest BCUT2D eigenvalue weighted by Crippen LogP contribution is 2.27. The van der Waals surface area contributed by atoms with Gasteiger partial charge in [-0.25, -0.2) is 9.97 Å². The highest BCUT2D eigenvalue weighted by Gasteiger charge is 2.28. The Morgan fingerprint density at radius 3 is 2.97 bits per heavy atom. The number of H-pyrrole nitrogens is 1. The van der Waals surface area contributed by atoms with Gasteiger partial charge in [0.2, 0.25) is 0 Å². The Hall–Kier alpha value is -2.10. The van der Waals surface area contributed by atoms with E-state index in [0.717, 1.165) is 61.7 Å². The number of nitrogens with zero attached hydrogens (tertiary/aromatic N) is 5. The van der Waals surface area contributed by atoms with E-state index in [1.807, 2.05) is 37.8 Å². The zero-order valence-corrected chi connectivity index (χ0v) is 19.4. The van der Waals surface area contributed by atoms with Crippen LogP contribution in [0, 0.1) is 5.92 Å². The topological polar surface area (TPSA) is 74.1 Å². The molecule has 0 spiro atoms. The lowest BCUT2D eigenvalue weighted by molar-refractivity contribution is 0.189. The predicted molar refractivity (Wildman–Crippen MR) is 128 cm³/mol. The summed E-state index contributed by atoms with van der Waals surface area (Å²) in [5, 5.41) is 3.53. The first-order valence-corrected chi connectivity index (χ1v) is 10.1. The summed E-state index contributed by atoms with van der Waals surface area (Å²) in [5.74, 6) is 2.67. The molecule has 2 aromatic heterocycles. The first-order chi connectivity index (χ1) is 13.7. The lowest BCUT2D eigenvalue weighted by atomic mass is 9.93. The van der Waals surface area contributed by atoms with E-state index in [4.69, 9.17) is 0 Å². The molecule has 2 atom stereocenters. The van der Waals surface area contributed by atoms with Crippen LogP contribution in [0.2, 0.25) is 0 Å². The third-order valence-corrected chi connectivity index (χ3v) is 5.65. The van der Waals surface area contributed by atoms with E-state index in [-0.39, 0.29) is 24.0 Å². The molecule has 4 rings (SSSR count). The lowest BCUT2D eigenvalue weighted by Gasteiger charge is -2.39. The van der Waals surface area contributed by atoms with Crippen molar-refractivity contribution in [1.29, 1.82) is 0 Å². The molecule has 2 N–H and O–H groups in total. The van der Waals surface area contributed by atoms with Gasteiger partial charge in [-0.3, -0.25) is 4.99 Å². The normalized spacial score (nSPS) is 19.9. The zero-order chi connectivity index (χ0) is 19.3. The minimum absolute atomic E-state index is 0. The molecule has 0 radical (unpaired) electrons. The van der Waals surface area contributed by atoms with Gasteiger partial charge in [0.25, 0.3) is 0 Å². The van der Waals surface area contributed by atoms with Crippen molar-refractivity contribution >= 4 is 41.0 Å². The molecule has 0 aliphatic carbocycles. The summed E-state index contributed by atoms with van der Waals surface area (Å²) in [6.07, 6.45) is 8.93. The molecule has 2 unspecified atom stereocenters. The molecule has 3 aromatic rings. The van der Waals surface area contributed by atoms with E-state index < -0.39 is 0 Å². The molecule has 0 amide bonds. The third kappa shape index (κ3) is 5.09. The minimum Gasteiger partial charge on any atom is -0.356 e. The van der Waals surface area contributed by atoms with Crippen LogP contribution in [0.25, 0.3) is 11.0 Å². The number of fused-ring (bicyclic) bond motifs is 1. The van der Waals surface area contributed by atoms with E-state index in [1.54, 1.807) is 0 Å². The quantitative estimate of drug-likeness (QED) is 0.240. The number of hydrogen-bond acceptors (Lipinski definition) is 3. The van der Waals surface area contributed by atoms with Crippen LogP contribution in [0.3, 0.4) is 0 Å². The number of aliphatic imine (C=N–C) groups is 1. The average molecular weight is 507 g/mol. The van der Waals surface area contributed by atoms with E-state index in [0.29, 0.717) is 12.0 Å². The number of rotatable bonds is 5. The maximum absolute atomic E-state index is 4.65. The van der Waals surface area contributed by atoms with Crippen molar-refractivity contribution in [3.8, 4) is 0 Å². The van der Waals surface area contributed by atoms with E-state index >= 15 is 0 Å². The van der Waals surface area contributed by atoms with Crippen LogP contribution in [0.5, 0.6) is 0 Å². The van der Waals surface area contributed by atoms with Gasteiger partial charge in [0.1, 0.15) is 5.82 Å². The smallest absolute Gasteiger partial charge is 0.193 e. The van der Waals surface area contributed by atoms with Crippen LogP contribution in [0.1, 0.15) is 31.6 Å². The van der Waals surface area contributed by atoms with Gasteiger partial charge in [0.15, 0.2) is 5.96 Å². The van der Waals surface area contributed by atoms with Crippen LogP contribution < -0.4 is 5.32 Å². The average Bonchev–Trinajstić information content (AvgIpc) is 3.38. The Bertz CT molecular complexity index is 885. The molecule has 3 heterocycles. The second-order valence-electron chi connectivity index (χ2n) is 7.57. The fraction of sp³-hybridized carbons (Fsp3) is 0.476. The largest absolute Gasteiger partial charge is 0.356 e. The Kier molecular flexibility index (Phi) is 7.51. The molecule has 1 aliphatic rings. The van der Waals surface area contributed by atoms with Gasteiger partial charge in [-0.15, -0.1) is 24.0 Å². The molecule has 0 bridgehead atoms. The van der Waals surface area contributed by atoms with Crippen LogP contribution in [-0.2, 0) is 6.42 Å². The van der Waals surface area contributed by atoms with Crippen LogP contribution in [0.4, 0.5) is 0 Å². The number of hydrogen-bond donors (Lipinski definition) is 2. The van der Waals surface area contributed by atoms with Crippen LogP contribution in [-0.4, -0.2) is 57.1 Å². The van der Waals surface area contributed by atoms with Gasteiger partial charge in [-0.2, -0.15) is 0 Å². The first-order valence-electron chi connectivity index (χ1n) is 10.1. The monoisotopic (exact) mass is 507 g/mol. The van der Waals surface area contributed by atoms with Crippen molar-refractivity contribution in [3.63, 3.8) is 0 Å². The van der Waals surface area contributed by atoms with Crippen LogP contribution in [0.15, 0.2) is 48.0 Å². The number of likely N-dealkylation sites (tertiary alicyclic amines) is 1. The number of benzene rings is 1. The SMILES string of the molecule is CN=C(NCCCc1nc2ccccc2[nH]1)N1CCC(C)C(n2ccnc2)C1.I. The van der Waals surface area contributed by atoms with Crippen molar-refractivity contribution < 1.29 is 0 Å². The lowest BCUT2D eigenvalue weighted by Crippen LogP contribution is -2.49. The van der Waals surface area contributed by atoms with Crippen molar-refractivity contribution in [1.82, 2.24) is 29.7 Å². The number of para-hydroxylation sites is 2. The second kappa shape index (κ2) is 10.1. The summed E-state index contributed by atoms with van der Waals surface area (Å²) < 4.78 is 2.23. The summed E-state index contributed by atoms with van der Waals surface area (Å²) in [6.45, 7) is 5.20. The van der Waals surface area contributed by atoms with Crippen LogP contribution >= 0.6 is 24.0 Å². The van der Waals surface area contributed by atoms with Crippen molar-refractivity contribution in [2.75, 3.05) is 26.7 Å². The molecule has 1 fully saturated rings. The van der Waals surface area contributed by atoms with E-state index in [9.17, 15) is 0 Å². The Balaban J connectivity index is 0.00000240. The number of guanidine groups is 1. The van der Waals surface area contributed by atoms with Gasteiger partial charge >= 0.3 is 0 Å². The maximum atomic E-state index is 4.65. The molecule has 7 nitrogen and oxygen atoms in total. The molecular weight excluding hydrogens is 477 g/mol. The zero-order valence-electron chi connectivity index (χ0n) is 17.1. The number of halogens is 1. The molecule has 156 valence electrons. The van der Waals surface area contributed by atoms with Gasteiger partial charge in [-0.1, -0.05) is 19.1 Å². The number of aromatic amines is 1. The predicted octanol–water partition coefficient (Wildman–Crippen LogP) is 3.47. The number of piperidine rings is 1. The van der Waals surface area contributed by atoms with Crippen molar-refractivity contribution in [2.24, 2.45) is 10.9 Å². The molecule has 0 saturated carbocycles. The van der Waals surface area contributed by atoms with Gasteiger partial charge in [0, 0.05) is 45.5 Å². The number of aryl methyl sites for hydroxylation is 1. The standard InChI is InChI=1S/C21H29N7.HI/c1-16-9-12-27(14-19(16)28-13-11-23-15-28)21(22-2)24-10-5-8-20-25-17-6-3-4-7-18(17)26-20;/h3-4,6-7,11,13,15-16,19H,5,8-10,12,14H2,1-2H3,(H,22,24)(H,25,26);1H. The highest BCUT2D eigenvalue weighted by molar-refractivity contribution is 14.0. The first kappa shape index (κ1) is 21.6. The third-order valence-electron chi connectivity index (χ3n) is 5.65. The Labute approximate surface area is 189 Å². The van der Waals surface area contributed by atoms with Gasteiger partial charge < -0.3 is 19.8 Å². The van der Waals surface area contributed by atoms with E-state index in [1.165, 1.54) is 0 Å². The summed E-state index contributed by atoms with van der Waals surface area (Å²) in [7, 11) is 1.87. The summed E-state index contributed by atoms with van der Waals surface area (Å²) in [6, 6.07) is 8.61. The maximum Gasteiger partial charge on any atom is 0.193 e. The van der Waals surface area contributed by atoms with E-state index in [2.05, 4.69) is 53.9 Å². The van der Waals surface area contributed by atoms with Crippen molar-refractivity contribution in [2.45, 2.75) is 32.2 Å². The second-order valence-corrected chi connectivity index (χ2v) is 7.57. The van der Waals surface area contributed by atoms with Gasteiger partial charge in [-0.05, 0) is 30.9 Å². The molecule has 8 heteroatoms. The Morgan fingerprint density at radius 2 is 2.21 bits per heavy atom. The number of imidazole rings is 2. The summed E-state index contributed by atoms with van der Waals surface area (Å²) in [5.41, 5.74) is 2.14. The fourth-order valence-electron chi connectivity index (χ4n) is 4.01. The molecule has 29 heavy (non-hydrogen) atoms. The Morgan fingerprint density at radius 1 is 1.34 bits per heavy atom. The highest BCUT2D eigenvalue weighted by atomic mass is 127. The summed E-state index contributed by atoms with van der Waals surface area (Å²) in [4.78, 5) is 19.2. The van der Waals surface area contributed by atoms with Gasteiger partial charge in [0.05, 0.1) is 23.4 Å².